The van der Waals surface area contributed by atoms with Gasteiger partial charge in [0, 0.05) is 4.88 Å². The predicted octanol–water partition coefficient (Wildman–Crippen LogP) is 2.18. The Morgan fingerprint density at radius 1 is 1.45 bits per heavy atom. The van der Waals surface area contributed by atoms with Crippen molar-refractivity contribution in [3.8, 4) is 0 Å². The van der Waals surface area contributed by atoms with E-state index in [1.807, 2.05) is 5.38 Å². The van der Waals surface area contributed by atoms with Gasteiger partial charge in [-0.25, -0.2) is 0 Å². The molecule has 1 aliphatic rings. The van der Waals surface area contributed by atoms with Gasteiger partial charge in [0.25, 0.3) is 0 Å². The van der Waals surface area contributed by atoms with Crippen molar-refractivity contribution in [2.75, 3.05) is 6.54 Å². The first-order valence-corrected chi connectivity index (χ1v) is 8.02. The van der Waals surface area contributed by atoms with Gasteiger partial charge in [-0.05, 0) is 35.8 Å². The minimum atomic E-state index is -0.360. The molecule has 1 fully saturated rings. The van der Waals surface area contributed by atoms with Crippen LogP contribution in [0.2, 0.25) is 0 Å². The normalized spacial score (nSPS) is 19.6. The topological polar surface area (TPSA) is 49.4 Å². The first-order valence-electron chi connectivity index (χ1n) is 7.14. The molecule has 1 N–H and O–H groups in total. The first-order chi connectivity index (χ1) is 9.51. The summed E-state index contributed by atoms with van der Waals surface area (Å²) in [5.74, 6) is 0.385. The number of nitrogens with one attached hydrogen (secondary N) is 1. The lowest BCUT2D eigenvalue weighted by Crippen LogP contribution is -2.57. The molecule has 2 heterocycles. The number of carbonyl (C=O) groups is 2. The molecular weight excluding hydrogens is 272 g/mol. The molecule has 0 aromatic carbocycles. The lowest BCUT2D eigenvalue weighted by atomic mass is 10.0. The molecular formula is C15H22N2O2S. The van der Waals surface area contributed by atoms with E-state index in [4.69, 9.17) is 0 Å². The number of amides is 2. The molecule has 1 aliphatic heterocycles. The minimum Gasteiger partial charge on any atom is -0.343 e. The zero-order valence-electron chi connectivity index (χ0n) is 12.3. The molecule has 4 nitrogen and oxygen atoms in total. The van der Waals surface area contributed by atoms with E-state index in [2.05, 4.69) is 32.2 Å². The van der Waals surface area contributed by atoms with Crippen LogP contribution < -0.4 is 5.32 Å². The summed E-state index contributed by atoms with van der Waals surface area (Å²) in [5, 5.41) is 4.86. The van der Waals surface area contributed by atoms with Gasteiger partial charge >= 0.3 is 0 Å². The van der Waals surface area contributed by atoms with Gasteiger partial charge in [-0.2, -0.15) is 0 Å². The fourth-order valence-corrected chi connectivity index (χ4v) is 3.52. The Kier molecular flexibility index (Phi) is 4.81. The van der Waals surface area contributed by atoms with Crippen molar-refractivity contribution in [3.63, 3.8) is 0 Å². The van der Waals surface area contributed by atoms with Crippen LogP contribution in [0.15, 0.2) is 11.4 Å². The van der Waals surface area contributed by atoms with Crippen molar-refractivity contribution in [2.45, 2.75) is 46.2 Å². The quantitative estimate of drug-likeness (QED) is 0.905. The highest BCUT2D eigenvalue weighted by Crippen LogP contribution is 2.21. The van der Waals surface area contributed by atoms with Crippen LogP contribution in [0.5, 0.6) is 0 Å². The fraction of sp³-hybridized carbons (Fsp3) is 0.600. The fourth-order valence-electron chi connectivity index (χ4n) is 2.53. The van der Waals surface area contributed by atoms with Crippen LogP contribution in [0.3, 0.4) is 0 Å². The molecule has 1 saturated heterocycles. The zero-order valence-corrected chi connectivity index (χ0v) is 13.1. The van der Waals surface area contributed by atoms with Crippen LogP contribution in [0.1, 0.15) is 37.6 Å². The van der Waals surface area contributed by atoms with Gasteiger partial charge in [0.05, 0.1) is 13.1 Å². The van der Waals surface area contributed by atoms with Crippen LogP contribution in [0.4, 0.5) is 0 Å². The van der Waals surface area contributed by atoms with Crippen LogP contribution >= 0.6 is 11.3 Å². The first kappa shape index (κ1) is 15.0. The van der Waals surface area contributed by atoms with E-state index in [-0.39, 0.29) is 24.4 Å². The number of rotatable bonds is 5. The lowest BCUT2D eigenvalue weighted by molar-refractivity contribution is -0.145. The SMILES string of the molecule is CCc1ccsc1CN1CC(=O)NC(CC(C)C)C1=O. The third kappa shape index (κ3) is 3.39. The average molecular weight is 294 g/mol. The van der Waals surface area contributed by atoms with Gasteiger partial charge in [-0.1, -0.05) is 20.8 Å². The monoisotopic (exact) mass is 294 g/mol. The Bertz CT molecular complexity index is 496. The highest BCUT2D eigenvalue weighted by molar-refractivity contribution is 7.10. The number of piperazine rings is 1. The van der Waals surface area contributed by atoms with E-state index in [0.29, 0.717) is 18.9 Å². The molecule has 1 aromatic heterocycles. The molecule has 1 atom stereocenters. The second-order valence-electron chi connectivity index (χ2n) is 5.67. The van der Waals surface area contributed by atoms with E-state index < -0.39 is 0 Å². The average Bonchev–Trinajstić information content (AvgIpc) is 2.81. The highest BCUT2D eigenvalue weighted by atomic mass is 32.1. The van der Waals surface area contributed by atoms with Crippen molar-refractivity contribution in [1.82, 2.24) is 10.2 Å². The van der Waals surface area contributed by atoms with Gasteiger partial charge in [0.1, 0.15) is 6.04 Å². The van der Waals surface area contributed by atoms with Crippen LogP contribution in [0.25, 0.3) is 0 Å². The van der Waals surface area contributed by atoms with E-state index >= 15 is 0 Å². The van der Waals surface area contributed by atoms with Gasteiger partial charge in [0.15, 0.2) is 0 Å². The van der Waals surface area contributed by atoms with Gasteiger partial charge < -0.3 is 10.2 Å². The standard InChI is InChI=1S/C15H22N2O2S/c1-4-11-5-6-20-13(11)8-17-9-14(18)16-12(15(17)19)7-10(2)3/h5-6,10,12H,4,7-9H2,1-3H3,(H,16,18). The molecule has 0 aliphatic carbocycles. The van der Waals surface area contributed by atoms with E-state index in [9.17, 15) is 9.59 Å². The van der Waals surface area contributed by atoms with Gasteiger partial charge in [-0.15, -0.1) is 11.3 Å². The zero-order chi connectivity index (χ0) is 14.7. The second-order valence-corrected chi connectivity index (χ2v) is 6.67. The van der Waals surface area contributed by atoms with Crippen LogP contribution in [0, 0.1) is 5.92 Å². The minimum absolute atomic E-state index is 0.0498. The molecule has 1 aromatic rings. The Hall–Kier alpha value is -1.36. The molecule has 0 spiro atoms. The number of nitrogens with zero attached hydrogens (tertiary/aromatic N) is 1. The Balaban J connectivity index is 2.10. The summed E-state index contributed by atoms with van der Waals surface area (Å²) in [4.78, 5) is 27.1. The summed E-state index contributed by atoms with van der Waals surface area (Å²) in [6.45, 7) is 6.97. The Morgan fingerprint density at radius 2 is 2.20 bits per heavy atom. The molecule has 0 saturated carbocycles. The number of carbonyl (C=O) groups excluding carboxylic acids is 2. The maximum Gasteiger partial charge on any atom is 0.245 e. The molecule has 0 radical (unpaired) electrons. The highest BCUT2D eigenvalue weighted by Gasteiger charge is 2.33. The summed E-state index contributed by atoms with van der Waals surface area (Å²) in [5.41, 5.74) is 1.27. The molecule has 110 valence electrons. The Morgan fingerprint density at radius 3 is 2.85 bits per heavy atom. The maximum atomic E-state index is 12.4. The number of hydrogen-bond acceptors (Lipinski definition) is 3. The van der Waals surface area contributed by atoms with Crippen molar-refractivity contribution in [2.24, 2.45) is 5.92 Å². The molecule has 2 rings (SSSR count). The summed E-state index contributed by atoms with van der Waals surface area (Å²) in [6.07, 6.45) is 1.66. The third-order valence-electron chi connectivity index (χ3n) is 3.54. The number of thiophene rings is 1. The molecule has 0 bridgehead atoms. The molecule has 20 heavy (non-hydrogen) atoms. The van der Waals surface area contributed by atoms with Crippen LogP contribution in [-0.2, 0) is 22.6 Å². The van der Waals surface area contributed by atoms with E-state index in [0.717, 1.165) is 6.42 Å². The predicted molar refractivity (Wildman–Crippen MR) is 80.5 cm³/mol. The third-order valence-corrected chi connectivity index (χ3v) is 4.49. The summed E-state index contributed by atoms with van der Waals surface area (Å²) < 4.78 is 0. The number of hydrogen-bond donors (Lipinski definition) is 1. The van der Waals surface area contributed by atoms with Crippen molar-refractivity contribution < 1.29 is 9.59 Å². The van der Waals surface area contributed by atoms with E-state index in [1.54, 1.807) is 16.2 Å². The largest absolute Gasteiger partial charge is 0.343 e. The van der Waals surface area contributed by atoms with Crippen molar-refractivity contribution in [1.29, 1.82) is 0 Å². The van der Waals surface area contributed by atoms with Gasteiger partial charge in [0.2, 0.25) is 11.8 Å². The van der Waals surface area contributed by atoms with E-state index in [1.165, 1.54) is 10.4 Å². The smallest absolute Gasteiger partial charge is 0.245 e. The van der Waals surface area contributed by atoms with Crippen molar-refractivity contribution in [3.05, 3.63) is 21.9 Å². The Labute approximate surface area is 124 Å². The van der Waals surface area contributed by atoms with Crippen LogP contribution in [-0.4, -0.2) is 29.3 Å². The summed E-state index contributed by atoms with van der Waals surface area (Å²) in [6, 6.07) is 1.74. The van der Waals surface area contributed by atoms with Crippen molar-refractivity contribution >= 4 is 23.2 Å². The molecule has 5 heteroatoms. The summed E-state index contributed by atoms with van der Waals surface area (Å²) >= 11 is 1.66. The number of aryl methyl sites for hydroxylation is 1. The maximum absolute atomic E-state index is 12.4. The molecule has 2 amide bonds. The summed E-state index contributed by atoms with van der Waals surface area (Å²) in [7, 11) is 0. The molecule has 1 unspecified atom stereocenters. The van der Waals surface area contributed by atoms with Gasteiger partial charge in [-0.3, -0.25) is 9.59 Å². The lowest BCUT2D eigenvalue weighted by Gasteiger charge is -2.33. The second kappa shape index (κ2) is 6.39.